The van der Waals surface area contributed by atoms with E-state index in [1.54, 1.807) is 35.6 Å². The molecule has 1 aromatic carbocycles. The Bertz CT molecular complexity index is 643. The third-order valence-electron chi connectivity index (χ3n) is 2.92. The van der Waals surface area contributed by atoms with Crippen LogP contribution in [0.15, 0.2) is 51.4 Å². The number of benzene rings is 1. The number of nitrogens with zero attached hydrogens (tertiary/aromatic N) is 1. The second-order valence-corrected chi connectivity index (χ2v) is 6.13. The fraction of sp³-hybridized carbons (Fsp3) is 0.143. The van der Waals surface area contributed by atoms with Crippen molar-refractivity contribution < 1.29 is 10.0 Å². The Morgan fingerprint density at radius 1 is 1.38 bits per heavy atom. The number of oxime groups is 1. The fourth-order valence-electron chi connectivity index (χ4n) is 1.88. The van der Waals surface area contributed by atoms with Gasteiger partial charge in [0.25, 0.3) is 0 Å². The van der Waals surface area contributed by atoms with Crippen LogP contribution in [0.2, 0.25) is 0 Å². The maximum absolute atomic E-state index is 12.4. The van der Waals surface area contributed by atoms with Crippen molar-refractivity contribution >= 4 is 39.0 Å². The van der Waals surface area contributed by atoms with Crippen molar-refractivity contribution in [1.29, 1.82) is 0 Å². The lowest BCUT2D eigenvalue weighted by Gasteiger charge is -2.15. The number of amides is 1. The number of nitrogens with one attached hydrogen (secondary N) is 1. The number of hydrogen-bond donors (Lipinski definition) is 3. The summed E-state index contributed by atoms with van der Waals surface area (Å²) in [6, 6.07) is 10.9. The summed E-state index contributed by atoms with van der Waals surface area (Å²) < 4.78 is 0.952. The number of amidine groups is 1. The van der Waals surface area contributed by atoms with Gasteiger partial charge in [0.2, 0.25) is 5.91 Å². The molecule has 0 aliphatic rings. The standard InChI is InChI=1S/C14H14BrN3O2S/c15-10-6-7-21-11(10)8-17-14(19)12(13(16)18-20)9-4-2-1-3-5-9/h1-7,12,20H,8H2,(H2,16,18)(H,17,19). The molecule has 1 atom stereocenters. The van der Waals surface area contributed by atoms with Gasteiger partial charge in [-0.05, 0) is 32.9 Å². The molecule has 21 heavy (non-hydrogen) atoms. The molecule has 2 rings (SSSR count). The summed E-state index contributed by atoms with van der Waals surface area (Å²) in [7, 11) is 0. The van der Waals surface area contributed by atoms with Crippen molar-refractivity contribution in [3.63, 3.8) is 0 Å². The smallest absolute Gasteiger partial charge is 0.235 e. The fourth-order valence-corrected chi connectivity index (χ4v) is 3.31. The zero-order chi connectivity index (χ0) is 15.2. The van der Waals surface area contributed by atoms with E-state index in [-0.39, 0.29) is 11.7 Å². The predicted molar refractivity (Wildman–Crippen MR) is 86.5 cm³/mol. The molecule has 0 fully saturated rings. The average Bonchev–Trinajstić information content (AvgIpc) is 2.91. The summed E-state index contributed by atoms with van der Waals surface area (Å²) in [5.41, 5.74) is 6.34. The number of hydrogen-bond acceptors (Lipinski definition) is 4. The Kier molecular flexibility index (Phi) is 5.35. The number of nitrogens with two attached hydrogens (primary N) is 1. The summed E-state index contributed by atoms with van der Waals surface area (Å²) in [6.45, 7) is 0.388. The van der Waals surface area contributed by atoms with Gasteiger partial charge < -0.3 is 16.3 Å². The van der Waals surface area contributed by atoms with Crippen LogP contribution in [-0.4, -0.2) is 17.0 Å². The molecule has 0 aliphatic carbocycles. The molecule has 0 spiro atoms. The number of carbonyl (C=O) groups is 1. The molecule has 1 unspecified atom stereocenters. The van der Waals surface area contributed by atoms with Crippen LogP contribution in [-0.2, 0) is 11.3 Å². The van der Waals surface area contributed by atoms with E-state index in [0.717, 1.165) is 9.35 Å². The molecule has 0 saturated carbocycles. The Hall–Kier alpha value is -1.86. The quantitative estimate of drug-likeness (QED) is 0.328. The van der Waals surface area contributed by atoms with E-state index in [0.29, 0.717) is 12.1 Å². The van der Waals surface area contributed by atoms with Gasteiger partial charge in [0, 0.05) is 9.35 Å². The van der Waals surface area contributed by atoms with Crippen LogP contribution >= 0.6 is 27.3 Å². The van der Waals surface area contributed by atoms with Gasteiger partial charge in [-0.2, -0.15) is 0 Å². The van der Waals surface area contributed by atoms with E-state index in [1.807, 2.05) is 17.5 Å². The molecule has 7 heteroatoms. The van der Waals surface area contributed by atoms with Gasteiger partial charge in [0.1, 0.15) is 5.92 Å². The van der Waals surface area contributed by atoms with Gasteiger partial charge in [-0.1, -0.05) is 35.5 Å². The Labute approximate surface area is 134 Å². The largest absolute Gasteiger partial charge is 0.409 e. The van der Waals surface area contributed by atoms with Crippen molar-refractivity contribution in [3.8, 4) is 0 Å². The van der Waals surface area contributed by atoms with E-state index in [9.17, 15) is 4.79 Å². The summed E-state index contributed by atoms with van der Waals surface area (Å²) in [4.78, 5) is 13.4. The van der Waals surface area contributed by atoms with Crippen molar-refractivity contribution in [3.05, 3.63) is 56.7 Å². The van der Waals surface area contributed by atoms with Crippen LogP contribution in [0.25, 0.3) is 0 Å². The normalized spacial score (nSPS) is 12.9. The highest BCUT2D eigenvalue weighted by molar-refractivity contribution is 9.10. The monoisotopic (exact) mass is 367 g/mol. The maximum Gasteiger partial charge on any atom is 0.235 e. The molecule has 0 radical (unpaired) electrons. The Morgan fingerprint density at radius 3 is 2.67 bits per heavy atom. The van der Waals surface area contributed by atoms with Gasteiger partial charge >= 0.3 is 0 Å². The predicted octanol–water partition coefficient (Wildman–Crippen LogP) is 2.66. The Balaban J connectivity index is 2.14. The molecule has 110 valence electrons. The first-order chi connectivity index (χ1) is 10.1. The summed E-state index contributed by atoms with van der Waals surface area (Å²) in [5, 5.41) is 16.6. The van der Waals surface area contributed by atoms with Crippen molar-refractivity contribution in [2.75, 3.05) is 0 Å². The molecular weight excluding hydrogens is 354 g/mol. The lowest BCUT2D eigenvalue weighted by Crippen LogP contribution is -2.36. The molecule has 0 saturated heterocycles. The zero-order valence-electron chi connectivity index (χ0n) is 11.0. The summed E-state index contributed by atoms with van der Waals surface area (Å²) in [5.74, 6) is -1.25. The van der Waals surface area contributed by atoms with Gasteiger partial charge in [-0.3, -0.25) is 4.79 Å². The van der Waals surface area contributed by atoms with Gasteiger partial charge in [0.05, 0.1) is 6.54 Å². The third-order valence-corrected chi connectivity index (χ3v) is 4.85. The molecule has 0 aliphatic heterocycles. The Morgan fingerprint density at radius 2 is 2.10 bits per heavy atom. The number of halogens is 1. The summed E-state index contributed by atoms with van der Waals surface area (Å²) in [6.07, 6.45) is 0. The first-order valence-corrected chi connectivity index (χ1v) is 7.82. The van der Waals surface area contributed by atoms with Crippen molar-refractivity contribution in [2.24, 2.45) is 10.9 Å². The van der Waals surface area contributed by atoms with Crippen LogP contribution in [0, 0.1) is 0 Å². The van der Waals surface area contributed by atoms with E-state index >= 15 is 0 Å². The molecule has 2 aromatic rings. The second-order valence-electron chi connectivity index (χ2n) is 4.28. The van der Waals surface area contributed by atoms with Crippen molar-refractivity contribution in [1.82, 2.24) is 5.32 Å². The SMILES string of the molecule is N/C(=N/O)C(C(=O)NCc1sccc1Br)c1ccccc1. The number of thiophene rings is 1. The van der Waals surface area contributed by atoms with Crippen LogP contribution < -0.4 is 11.1 Å². The minimum atomic E-state index is -0.810. The van der Waals surface area contributed by atoms with Crippen LogP contribution in [0.4, 0.5) is 0 Å². The maximum atomic E-state index is 12.4. The minimum Gasteiger partial charge on any atom is -0.409 e. The van der Waals surface area contributed by atoms with Crippen LogP contribution in [0.5, 0.6) is 0 Å². The van der Waals surface area contributed by atoms with E-state index in [2.05, 4.69) is 26.4 Å². The highest BCUT2D eigenvalue weighted by Crippen LogP contribution is 2.23. The molecular formula is C14H14BrN3O2S. The lowest BCUT2D eigenvalue weighted by molar-refractivity contribution is -0.121. The molecule has 1 heterocycles. The van der Waals surface area contributed by atoms with E-state index < -0.39 is 5.92 Å². The first kappa shape index (κ1) is 15.5. The van der Waals surface area contributed by atoms with Gasteiger partial charge in [0.15, 0.2) is 5.84 Å². The zero-order valence-corrected chi connectivity index (χ0v) is 13.4. The topological polar surface area (TPSA) is 87.7 Å². The summed E-state index contributed by atoms with van der Waals surface area (Å²) >= 11 is 4.95. The highest BCUT2D eigenvalue weighted by atomic mass is 79.9. The third kappa shape index (κ3) is 3.83. The first-order valence-electron chi connectivity index (χ1n) is 6.15. The molecule has 1 aromatic heterocycles. The molecule has 0 bridgehead atoms. The number of carbonyl (C=O) groups excluding carboxylic acids is 1. The van der Waals surface area contributed by atoms with Gasteiger partial charge in [-0.15, -0.1) is 11.3 Å². The molecule has 5 nitrogen and oxygen atoms in total. The van der Waals surface area contributed by atoms with Crippen molar-refractivity contribution in [2.45, 2.75) is 12.5 Å². The van der Waals surface area contributed by atoms with Crippen LogP contribution in [0.1, 0.15) is 16.4 Å². The highest BCUT2D eigenvalue weighted by Gasteiger charge is 2.25. The minimum absolute atomic E-state index is 0.135. The van der Waals surface area contributed by atoms with E-state index in [1.165, 1.54) is 0 Å². The lowest BCUT2D eigenvalue weighted by atomic mass is 9.97. The average molecular weight is 368 g/mol. The van der Waals surface area contributed by atoms with E-state index in [4.69, 9.17) is 10.9 Å². The second kappa shape index (κ2) is 7.24. The van der Waals surface area contributed by atoms with Crippen LogP contribution in [0.3, 0.4) is 0 Å². The molecule has 1 amide bonds. The van der Waals surface area contributed by atoms with Gasteiger partial charge in [-0.25, -0.2) is 0 Å². The number of rotatable bonds is 5. The molecule has 4 N–H and O–H groups in total.